The molecular formula is C25H29N2O11P. The Hall–Kier alpha value is -3.29. The van der Waals surface area contributed by atoms with Crippen molar-refractivity contribution in [3.63, 3.8) is 0 Å². The van der Waals surface area contributed by atoms with E-state index < -0.39 is 63.1 Å². The van der Waals surface area contributed by atoms with Crippen LogP contribution in [-0.2, 0) is 28.1 Å². The molecule has 0 radical (unpaired) electrons. The normalized spacial score (nSPS) is 24.3. The molecule has 1 fully saturated rings. The van der Waals surface area contributed by atoms with E-state index in [4.69, 9.17) is 24.5 Å². The van der Waals surface area contributed by atoms with Gasteiger partial charge in [-0.15, -0.1) is 0 Å². The minimum absolute atomic E-state index is 0.0253. The number of carbonyl (C=O) groups is 2. The summed E-state index contributed by atoms with van der Waals surface area (Å²) in [5.41, 5.74) is 6.58. The first kappa shape index (κ1) is 28.7. The van der Waals surface area contributed by atoms with Crippen LogP contribution in [0.25, 0.3) is 10.9 Å². The number of rotatable bonds is 9. The van der Waals surface area contributed by atoms with Crippen molar-refractivity contribution >= 4 is 36.4 Å². The van der Waals surface area contributed by atoms with E-state index in [1.165, 1.54) is 12.1 Å². The van der Waals surface area contributed by atoms with Gasteiger partial charge >= 0.3 is 19.8 Å². The summed E-state index contributed by atoms with van der Waals surface area (Å²) in [7, 11) is -5.26. The SMILES string of the molecule is CCC(O)C(=O)OC[C@H]1O[C@@H](n2ccc3ccccc32)[C@H](OC(=O)c2ccccc2N)[C@@H](OP(=O)(O)O)[C@@H]1O. The molecule has 0 saturated carbocycles. The molecule has 6 N–H and O–H groups in total. The topological polar surface area (TPSA) is 200 Å². The van der Waals surface area contributed by atoms with Gasteiger partial charge in [-0.3, -0.25) is 4.52 Å². The number of benzene rings is 2. The highest BCUT2D eigenvalue weighted by Gasteiger charge is 2.52. The number of anilines is 1. The second-order valence-corrected chi connectivity index (χ2v) is 10.1. The van der Waals surface area contributed by atoms with Crippen molar-refractivity contribution in [2.45, 2.75) is 50.1 Å². The van der Waals surface area contributed by atoms with Gasteiger partial charge in [0.25, 0.3) is 0 Å². The van der Waals surface area contributed by atoms with E-state index in [0.29, 0.717) is 5.52 Å². The summed E-state index contributed by atoms with van der Waals surface area (Å²) < 4.78 is 35.2. The van der Waals surface area contributed by atoms with Gasteiger partial charge in [0.15, 0.2) is 18.4 Å². The molecule has 1 aliphatic rings. The van der Waals surface area contributed by atoms with Gasteiger partial charge in [-0.05, 0) is 36.1 Å². The summed E-state index contributed by atoms with van der Waals surface area (Å²) in [6.07, 6.45) is -7.71. The number of ether oxygens (including phenoxy) is 3. The Morgan fingerprint density at radius 2 is 1.79 bits per heavy atom. The summed E-state index contributed by atoms with van der Waals surface area (Å²) in [5.74, 6) is -1.93. The van der Waals surface area contributed by atoms with Crippen molar-refractivity contribution in [2.75, 3.05) is 12.3 Å². The number of nitrogens with zero attached hydrogens (tertiary/aromatic N) is 1. The molecule has 13 nitrogen and oxygen atoms in total. The molecule has 6 atom stereocenters. The van der Waals surface area contributed by atoms with E-state index in [0.717, 1.165) is 5.39 Å². The average molecular weight is 564 g/mol. The summed E-state index contributed by atoms with van der Waals surface area (Å²) >= 11 is 0. The van der Waals surface area contributed by atoms with Crippen molar-refractivity contribution in [2.24, 2.45) is 0 Å². The number of phosphoric ester groups is 1. The second kappa shape index (κ2) is 11.8. The van der Waals surface area contributed by atoms with E-state index in [9.17, 15) is 34.2 Å². The van der Waals surface area contributed by atoms with E-state index in [1.54, 1.807) is 54.1 Å². The van der Waals surface area contributed by atoms with Gasteiger partial charge in [0.2, 0.25) is 0 Å². The molecule has 1 saturated heterocycles. The van der Waals surface area contributed by atoms with Crippen molar-refractivity contribution in [1.82, 2.24) is 4.57 Å². The highest BCUT2D eigenvalue weighted by Crippen LogP contribution is 2.44. The number of aromatic nitrogens is 1. The van der Waals surface area contributed by atoms with Gasteiger partial charge in [-0.2, -0.15) is 0 Å². The predicted molar refractivity (Wildman–Crippen MR) is 136 cm³/mol. The Morgan fingerprint density at radius 3 is 2.49 bits per heavy atom. The van der Waals surface area contributed by atoms with Gasteiger partial charge in [0.05, 0.1) is 11.1 Å². The van der Waals surface area contributed by atoms with Crippen LogP contribution in [-0.4, -0.2) is 73.6 Å². The fraction of sp³-hybridized carbons (Fsp3) is 0.360. The number of carbonyl (C=O) groups excluding carboxylic acids is 2. The fourth-order valence-electron chi connectivity index (χ4n) is 4.30. The van der Waals surface area contributed by atoms with Crippen molar-refractivity contribution in [1.29, 1.82) is 0 Å². The molecule has 0 bridgehead atoms. The molecule has 210 valence electrons. The molecule has 1 aromatic heterocycles. The Balaban J connectivity index is 1.75. The number of hydrogen-bond acceptors (Lipinski definition) is 10. The predicted octanol–water partition coefficient (Wildman–Crippen LogP) is 1.50. The molecule has 2 heterocycles. The first-order valence-corrected chi connectivity index (χ1v) is 13.6. The third-order valence-corrected chi connectivity index (χ3v) is 6.79. The molecule has 14 heteroatoms. The van der Waals surface area contributed by atoms with E-state index in [1.807, 2.05) is 6.07 Å². The highest BCUT2D eigenvalue weighted by molar-refractivity contribution is 7.46. The molecule has 1 aliphatic heterocycles. The summed E-state index contributed by atoms with van der Waals surface area (Å²) in [5, 5.41) is 21.6. The monoisotopic (exact) mass is 564 g/mol. The molecule has 0 aliphatic carbocycles. The number of nitrogen functional groups attached to an aromatic ring is 1. The van der Waals surface area contributed by atoms with Crippen LogP contribution in [0.3, 0.4) is 0 Å². The maximum absolute atomic E-state index is 13.1. The van der Waals surface area contributed by atoms with Crippen LogP contribution in [0.15, 0.2) is 60.8 Å². The zero-order valence-corrected chi connectivity index (χ0v) is 21.7. The number of aliphatic hydroxyl groups excluding tert-OH is 2. The summed E-state index contributed by atoms with van der Waals surface area (Å²) in [4.78, 5) is 44.5. The number of para-hydroxylation sites is 2. The lowest BCUT2D eigenvalue weighted by molar-refractivity contribution is -0.249. The van der Waals surface area contributed by atoms with Gasteiger partial charge in [0.1, 0.15) is 24.9 Å². The Morgan fingerprint density at radius 1 is 1.10 bits per heavy atom. The van der Waals surface area contributed by atoms with E-state index in [2.05, 4.69) is 0 Å². The van der Waals surface area contributed by atoms with Crippen LogP contribution in [0, 0.1) is 0 Å². The summed E-state index contributed by atoms with van der Waals surface area (Å²) in [6, 6.07) is 14.9. The van der Waals surface area contributed by atoms with Crippen LogP contribution in [0.5, 0.6) is 0 Å². The first-order chi connectivity index (χ1) is 18.5. The lowest BCUT2D eigenvalue weighted by atomic mass is 9.97. The Kier molecular flexibility index (Phi) is 8.72. The molecule has 3 aromatic rings. The van der Waals surface area contributed by atoms with Crippen molar-refractivity contribution in [3.8, 4) is 0 Å². The third kappa shape index (κ3) is 6.48. The van der Waals surface area contributed by atoms with Crippen molar-refractivity contribution in [3.05, 3.63) is 66.4 Å². The molecule has 1 unspecified atom stereocenters. The first-order valence-electron chi connectivity index (χ1n) is 12.0. The van der Waals surface area contributed by atoms with Crippen LogP contribution >= 0.6 is 7.82 Å². The fourth-order valence-corrected chi connectivity index (χ4v) is 4.86. The van der Waals surface area contributed by atoms with Crippen LogP contribution in [0.2, 0.25) is 0 Å². The number of phosphoric acid groups is 1. The molecule has 0 spiro atoms. The smallest absolute Gasteiger partial charge is 0.461 e. The van der Waals surface area contributed by atoms with E-state index >= 15 is 0 Å². The van der Waals surface area contributed by atoms with Crippen molar-refractivity contribution < 1.29 is 52.9 Å². The van der Waals surface area contributed by atoms with Crippen LogP contribution in [0.1, 0.15) is 29.9 Å². The highest BCUT2D eigenvalue weighted by atomic mass is 31.2. The standard InChI is InChI=1S/C25H29N2O11P/c1-2-18(28)25(31)35-13-19-20(29)21(38-39(32,33)34)22(37-24(30)15-8-4-5-9-16(15)26)23(36-19)27-12-11-14-7-3-6-10-17(14)27/h3-12,18-23,28-29H,2,13,26H2,1H3,(H2,32,33,34)/t18?,19-,20-,21+,22-,23-/m1/s1. The maximum Gasteiger partial charge on any atom is 0.470 e. The summed E-state index contributed by atoms with van der Waals surface area (Å²) in [6.45, 7) is 0.966. The number of nitrogens with two attached hydrogens (primary N) is 1. The number of esters is 2. The minimum atomic E-state index is -5.26. The number of aliphatic hydroxyl groups is 2. The van der Waals surface area contributed by atoms with Gasteiger partial charge in [-0.25, -0.2) is 14.2 Å². The molecular weight excluding hydrogens is 535 g/mol. The molecule has 4 rings (SSSR count). The zero-order valence-electron chi connectivity index (χ0n) is 20.8. The van der Waals surface area contributed by atoms with Gasteiger partial charge < -0.3 is 44.5 Å². The quantitative estimate of drug-likeness (QED) is 0.143. The molecule has 39 heavy (non-hydrogen) atoms. The molecule has 2 aromatic carbocycles. The maximum atomic E-state index is 13.1. The number of fused-ring (bicyclic) bond motifs is 1. The van der Waals surface area contributed by atoms with Gasteiger partial charge in [0, 0.05) is 11.9 Å². The second-order valence-electron chi connectivity index (χ2n) is 8.91. The Labute approximate surface area is 222 Å². The van der Waals surface area contributed by atoms with Gasteiger partial charge in [-0.1, -0.05) is 37.3 Å². The zero-order chi connectivity index (χ0) is 28.3. The lowest BCUT2D eigenvalue weighted by Crippen LogP contribution is -2.58. The number of hydrogen-bond donors (Lipinski definition) is 5. The lowest BCUT2D eigenvalue weighted by Gasteiger charge is -2.44. The third-order valence-electron chi connectivity index (χ3n) is 6.27. The van der Waals surface area contributed by atoms with E-state index in [-0.39, 0.29) is 17.7 Å². The minimum Gasteiger partial charge on any atom is -0.461 e. The van der Waals surface area contributed by atoms with Crippen LogP contribution < -0.4 is 5.73 Å². The largest absolute Gasteiger partial charge is 0.470 e. The van der Waals surface area contributed by atoms with Crippen LogP contribution in [0.4, 0.5) is 5.69 Å². The average Bonchev–Trinajstić information content (AvgIpc) is 3.33. The molecule has 0 amide bonds. The Bertz CT molecular complexity index is 1370.